The maximum absolute atomic E-state index is 12.8. The van der Waals surface area contributed by atoms with Crippen LogP contribution < -0.4 is 5.32 Å². The number of urea groups is 1. The Morgan fingerprint density at radius 3 is 2.37 bits per heavy atom. The van der Waals surface area contributed by atoms with Crippen molar-refractivity contribution in [2.75, 3.05) is 32.7 Å². The second-order valence-electron chi connectivity index (χ2n) is 8.42. The lowest BCUT2D eigenvalue weighted by Gasteiger charge is -2.35. The summed E-state index contributed by atoms with van der Waals surface area (Å²) in [7, 11) is 1.97. The third-order valence-electron chi connectivity index (χ3n) is 4.98. The Hall–Kier alpha value is -2.57. The number of fused-ring (bicyclic) bond motifs is 1. The summed E-state index contributed by atoms with van der Waals surface area (Å²) in [6.45, 7) is 11.0. The van der Waals surface area contributed by atoms with Gasteiger partial charge in [0.1, 0.15) is 5.82 Å². The average molecular weight is 371 g/mol. The van der Waals surface area contributed by atoms with E-state index in [2.05, 4.69) is 31.1 Å². The molecule has 7 nitrogen and oxygen atoms in total. The summed E-state index contributed by atoms with van der Waals surface area (Å²) in [6, 6.07) is 5.60. The molecule has 0 atom stereocenters. The number of hydrogen-bond donors (Lipinski definition) is 1. The molecule has 1 aromatic carbocycles. The van der Waals surface area contributed by atoms with Gasteiger partial charge in [-0.1, -0.05) is 20.8 Å². The van der Waals surface area contributed by atoms with Crippen molar-refractivity contribution in [2.24, 2.45) is 12.5 Å². The molecular formula is C20H29N5O2. The van der Waals surface area contributed by atoms with Crippen LogP contribution in [0.25, 0.3) is 11.0 Å². The van der Waals surface area contributed by atoms with Gasteiger partial charge in [-0.2, -0.15) is 0 Å². The van der Waals surface area contributed by atoms with E-state index in [0.717, 1.165) is 16.9 Å². The molecule has 3 amide bonds. The van der Waals surface area contributed by atoms with Gasteiger partial charge in [0.2, 0.25) is 0 Å². The zero-order valence-corrected chi connectivity index (χ0v) is 16.9. The van der Waals surface area contributed by atoms with Crippen LogP contribution in [0.4, 0.5) is 4.79 Å². The second-order valence-corrected chi connectivity index (χ2v) is 8.42. The number of aromatic nitrogens is 2. The third kappa shape index (κ3) is 4.23. The van der Waals surface area contributed by atoms with Crippen LogP contribution in [-0.2, 0) is 7.05 Å². The van der Waals surface area contributed by atoms with Crippen molar-refractivity contribution >= 4 is 23.0 Å². The minimum absolute atomic E-state index is 0.00467. The lowest BCUT2D eigenvalue weighted by molar-refractivity contribution is 0.0664. The fraction of sp³-hybridized carbons (Fsp3) is 0.550. The van der Waals surface area contributed by atoms with E-state index < -0.39 is 0 Å². The molecule has 1 N–H and O–H groups in total. The molecule has 0 spiro atoms. The standard InChI is InChI=1S/C20H29N5O2/c1-14-22-16-12-15(6-7-17(16)23(14)5)18(26)24-8-10-25(11-9-24)19(27)21-13-20(2,3)4/h6-7,12H,8-11,13H2,1-5H3,(H,21,27). The Morgan fingerprint density at radius 1 is 1.11 bits per heavy atom. The molecule has 0 saturated carbocycles. The molecule has 1 fully saturated rings. The quantitative estimate of drug-likeness (QED) is 0.881. The van der Waals surface area contributed by atoms with E-state index in [-0.39, 0.29) is 17.4 Å². The summed E-state index contributed by atoms with van der Waals surface area (Å²) in [5, 5.41) is 2.97. The van der Waals surface area contributed by atoms with Crippen molar-refractivity contribution in [2.45, 2.75) is 27.7 Å². The average Bonchev–Trinajstić information content (AvgIpc) is 2.92. The Bertz CT molecular complexity index is 857. The monoisotopic (exact) mass is 371 g/mol. The molecule has 2 aromatic rings. The highest BCUT2D eigenvalue weighted by Crippen LogP contribution is 2.18. The maximum atomic E-state index is 12.8. The molecular weight excluding hydrogens is 342 g/mol. The van der Waals surface area contributed by atoms with Gasteiger partial charge in [-0.05, 0) is 30.5 Å². The smallest absolute Gasteiger partial charge is 0.317 e. The van der Waals surface area contributed by atoms with Gasteiger partial charge in [0, 0.05) is 45.3 Å². The van der Waals surface area contributed by atoms with Crippen LogP contribution in [0.2, 0.25) is 0 Å². The van der Waals surface area contributed by atoms with Crippen LogP contribution in [0, 0.1) is 12.3 Å². The lowest BCUT2D eigenvalue weighted by atomic mass is 9.97. The highest BCUT2D eigenvalue weighted by molar-refractivity contribution is 5.97. The van der Waals surface area contributed by atoms with Crippen molar-refractivity contribution in [3.05, 3.63) is 29.6 Å². The normalized spacial score (nSPS) is 15.3. The van der Waals surface area contributed by atoms with Crippen molar-refractivity contribution in [1.82, 2.24) is 24.7 Å². The molecule has 0 aliphatic carbocycles. The van der Waals surface area contributed by atoms with Crippen LogP contribution in [-0.4, -0.2) is 64.0 Å². The van der Waals surface area contributed by atoms with Crippen molar-refractivity contribution in [3.8, 4) is 0 Å². The summed E-state index contributed by atoms with van der Waals surface area (Å²) < 4.78 is 2.01. The van der Waals surface area contributed by atoms with Crippen LogP contribution in [0.15, 0.2) is 18.2 Å². The zero-order chi connectivity index (χ0) is 19.8. The number of piperazine rings is 1. The number of carbonyl (C=O) groups excluding carboxylic acids is 2. The molecule has 146 valence electrons. The first kappa shape index (κ1) is 19.2. The van der Waals surface area contributed by atoms with Gasteiger partial charge in [-0.3, -0.25) is 4.79 Å². The van der Waals surface area contributed by atoms with E-state index in [9.17, 15) is 9.59 Å². The predicted molar refractivity (Wildman–Crippen MR) is 106 cm³/mol. The summed E-state index contributed by atoms with van der Waals surface area (Å²) >= 11 is 0. The molecule has 0 unspecified atom stereocenters. The fourth-order valence-corrected chi connectivity index (χ4v) is 3.20. The molecule has 1 saturated heterocycles. The van der Waals surface area contributed by atoms with Gasteiger partial charge >= 0.3 is 6.03 Å². The molecule has 3 rings (SSSR count). The summed E-state index contributed by atoms with van der Waals surface area (Å²) in [4.78, 5) is 33.2. The first-order valence-electron chi connectivity index (χ1n) is 9.41. The van der Waals surface area contributed by atoms with Gasteiger partial charge in [-0.25, -0.2) is 9.78 Å². The van der Waals surface area contributed by atoms with Crippen LogP contribution in [0.3, 0.4) is 0 Å². The SMILES string of the molecule is Cc1nc2cc(C(=O)N3CCN(C(=O)NCC(C)(C)C)CC3)ccc2n1C. The number of nitrogens with one attached hydrogen (secondary N) is 1. The first-order valence-corrected chi connectivity index (χ1v) is 9.41. The number of benzene rings is 1. The number of carbonyl (C=O) groups is 2. The van der Waals surface area contributed by atoms with E-state index in [0.29, 0.717) is 38.3 Å². The molecule has 27 heavy (non-hydrogen) atoms. The van der Waals surface area contributed by atoms with Gasteiger partial charge in [0.25, 0.3) is 5.91 Å². The Morgan fingerprint density at radius 2 is 1.74 bits per heavy atom. The molecule has 1 aliphatic rings. The van der Waals surface area contributed by atoms with E-state index in [1.54, 1.807) is 4.90 Å². The summed E-state index contributed by atoms with van der Waals surface area (Å²) in [5.41, 5.74) is 2.55. The minimum atomic E-state index is -0.0533. The zero-order valence-electron chi connectivity index (χ0n) is 16.9. The van der Waals surface area contributed by atoms with Gasteiger partial charge in [0.15, 0.2) is 0 Å². The third-order valence-corrected chi connectivity index (χ3v) is 4.98. The fourth-order valence-electron chi connectivity index (χ4n) is 3.20. The molecule has 2 heterocycles. The molecule has 7 heteroatoms. The van der Waals surface area contributed by atoms with E-state index in [1.165, 1.54) is 0 Å². The number of nitrogens with zero attached hydrogens (tertiary/aromatic N) is 4. The molecule has 0 bridgehead atoms. The molecule has 0 radical (unpaired) electrons. The predicted octanol–water partition coefficient (Wildman–Crippen LogP) is 2.40. The summed E-state index contributed by atoms with van der Waals surface area (Å²) in [6.07, 6.45) is 0. The number of rotatable bonds is 2. The minimum Gasteiger partial charge on any atom is -0.337 e. The molecule has 1 aliphatic heterocycles. The number of hydrogen-bond acceptors (Lipinski definition) is 3. The highest BCUT2D eigenvalue weighted by atomic mass is 16.2. The van der Waals surface area contributed by atoms with Crippen molar-refractivity contribution in [3.63, 3.8) is 0 Å². The number of imidazole rings is 1. The van der Waals surface area contributed by atoms with Crippen LogP contribution >= 0.6 is 0 Å². The van der Waals surface area contributed by atoms with Gasteiger partial charge in [-0.15, -0.1) is 0 Å². The maximum Gasteiger partial charge on any atom is 0.317 e. The topological polar surface area (TPSA) is 70.5 Å². The van der Waals surface area contributed by atoms with E-state index >= 15 is 0 Å². The number of aryl methyl sites for hydroxylation is 2. The lowest BCUT2D eigenvalue weighted by Crippen LogP contribution is -2.53. The number of amides is 3. The van der Waals surface area contributed by atoms with Crippen molar-refractivity contribution in [1.29, 1.82) is 0 Å². The Labute approximate surface area is 160 Å². The van der Waals surface area contributed by atoms with Gasteiger partial charge in [0.05, 0.1) is 11.0 Å². The second kappa shape index (κ2) is 7.21. The first-order chi connectivity index (χ1) is 12.7. The Kier molecular flexibility index (Phi) is 5.13. The van der Waals surface area contributed by atoms with Crippen LogP contribution in [0.5, 0.6) is 0 Å². The molecule has 1 aromatic heterocycles. The summed E-state index contributed by atoms with van der Waals surface area (Å²) in [5.74, 6) is 0.916. The highest BCUT2D eigenvalue weighted by Gasteiger charge is 2.25. The van der Waals surface area contributed by atoms with E-state index in [4.69, 9.17) is 0 Å². The van der Waals surface area contributed by atoms with Gasteiger partial charge < -0.3 is 19.7 Å². The van der Waals surface area contributed by atoms with E-state index in [1.807, 2.05) is 41.6 Å². The largest absolute Gasteiger partial charge is 0.337 e. The Balaban J connectivity index is 1.61. The van der Waals surface area contributed by atoms with Crippen LogP contribution in [0.1, 0.15) is 37.0 Å². The van der Waals surface area contributed by atoms with Crippen molar-refractivity contribution < 1.29 is 9.59 Å².